The Morgan fingerprint density at radius 2 is 2.08 bits per heavy atom. The maximum absolute atomic E-state index is 12.8. The predicted octanol–water partition coefficient (Wildman–Crippen LogP) is 3.06. The van der Waals surface area contributed by atoms with E-state index < -0.39 is 11.6 Å². The zero-order valence-corrected chi connectivity index (χ0v) is 16.4. The van der Waals surface area contributed by atoms with Crippen molar-refractivity contribution < 1.29 is 14.4 Å². The number of imide groups is 1. The lowest BCUT2D eigenvalue weighted by molar-refractivity contribution is -0.136. The van der Waals surface area contributed by atoms with E-state index >= 15 is 0 Å². The maximum atomic E-state index is 12.8. The summed E-state index contributed by atoms with van der Waals surface area (Å²) in [6.45, 7) is 6.01. The molecule has 1 aliphatic carbocycles. The number of nitrogens with zero attached hydrogens (tertiary/aromatic N) is 1. The highest BCUT2D eigenvalue weighted by molar-refractivity contribution is 7.10. The SMILES string of the molecule is CC1CCC2(CC1)NC(=O)N(CC(=O)NC(c1cccs1)C(C)C)C2=O. The normalized spacial score (nSPS) is 27.1. The maximum Gasteiger partial charge on any atom is 0.325 e. The van der Waals surface area contributed by atoms with Crippen LogP contribution in [-0.4, -0.2) is 34.8 Å². The number of nitrogens with one attached hydrogen (secondary N) is 2. The molecule has 7 heteroatoms. The van der Waals surface area contributed by atoms with Crippen LogP contribution in [0.1, 0.15) is 57.4 Å². The highest BCUT2D eigenvalue weighted by Crippen LogP contribution is 2.36. The molecule has 0 aromatic carbocycles. The highest BCUT2D eigenvalue weighted by atomic mass is 32.1. The number of amides is 4. The molecule has 4 amide bonds. The Bertz CT molecular complexity index is 678. The van der Waals surface area contributed by atoms with Crippen LogP contribution >= 0.6 is 11.3 Å². The van der Waals surface area contributed by atoms with E-state index in [1.807, 2.05) is 31.4 Å². The van der Waals surface area contributed by atoms with E-state index in [-0.39, 0.29) is 30.3 Å². The predicted molar refractivity (Wildman–Crippen MR) is 101 cm³/mol. The first-order valence-corrected chi connectivity index (χ1v) is 10.2. The number of carbonyl (C=O) groups is 3. The van der Waals surface area contributed by atoms with Gasteiger partial charge in [-0.3, -0.25) is 14.5 Å². The van der Waals surface area contributed by atoms with Crippen molar-refractivity contribution in [3.05, 3.63) is 22.4 Å². The summed E-state index contributed by atoms with van der Waals surface area (Å²) < 4.78 is 0. The summed E-state index contributed by atoms with van der Waals surface area (Å²) in [5, 5.41) is 7.82. The Balaban J connectivity index is 1.65. The molecule has 1 aromatic rings. The average molecular weight is 378 g/mol. The number of hydrogen-bond acceptors (Lipinski definition) is 4. The van der Waals surface area contributed by atoms with Gasteiger partial charge in [0.15, 0.2) is 0 Å². The molecule has 2 N–H and O–H groups in total. The Labute approximate surface area is 158 Å². The summed E-state index contributed by atoms with van der Waals surface area (Å²) in [5.41, 5.74) is -0.797. The molecular weight excluding hydrogens is 350 g/mol. The molecule has 1 aliphatic heterocycles. The van der Waals surface area contributed by atoms with Crippen LogP contribution in [0.4, 0.5) is 4.79 Å². The second-order valence-corrected chi connectivity index (χ2v) is 8.87. The lowest BCUT2D eigenvalue weighted by Crippen LogP contribution is -2.50. The summed E-state index contributed by atoms with van der Waals surface area (Å²) in [6.07, 6.45) is 3.14. The molecule has 1 atom stereocenters. The molecule has 3 rings (SSSR count). The number of carbonyl (C=O) groups excluding carboxylic acids is 3. The molecule has 1 saturated heterocycles. The van der Waals surface area contributed by atoms with Crippen molar-refractivity contribution in [1.82, 2.24) is 15.5 Å². The van der Waals surface area contributed by atoms with Gasteiger partial charge in [-0.05, 0) is 49.0 Å². The van der Waals surface area contributed by atoms with Crippen molar-refractivity contribution in [2.75, 3.05) is 6.54 Å². The van der Waals surface area contributed by atoms with Crippen LogP contribution in [0.3, 0.4) is 0 Å². The van der Waals surface area contributed by atoms with Crippen molar-refractivity contribution in [3.63, 3.8) is 0 Å². The fourth-order valence-corrected chi connectivity index (χ4v) is 4.76. The average Bonchev–Trinajstić information content (AvgIpc) is 3.19. The van der Waals surface area contributed by atoms with Gasteiger partial charge in [-0.25, -0.2) is 4.79 Å². The van der Waals surface area contributed by atoms with Crippen molar-refractivity contribution in [3.8, 4) is 0 Å². The van der Waals surface area contributed by atoms with Gasteiger partial charge in [-0.15, -0.1) is 11.3 Å². The third kappa shape index (κ3) is 3.63. The van der Waals surface area contributed by atoms with Gasteiger partial charge < -0.3 is 10.6 Å². The number of rotatable bonds is 5. The molecule has 1 unspecified atom stereocenters. The molecule has 26 heavy (non-hydrogen) atoms. The number of urea groups is 1. The van der Waals surface area contributed by atoms with Gasteiger partial charge in [0.1, 0.15) is 12.1 Å². The van der Waals surface area contributed by atoms with Crippen LogP contribution < -0.4 is 10.6 Å². The zero-order chi connectivity index (χ0) is 18.9. The molecule has 2 heterocycles. The first-order valence-electron chi connectivity index (χ1n) is 9.29. The molecule has 1 spiro atoms. The summed E-state index contributed by atoms with van der Waals surface area (Å²) in [5.74, 6) is 0.232. The summed E-state index contributed by atoms with van der Waals surface area (Å²) in [7, 11) is 0. The van der Waals surface area contributed by atoms with E-state index in [4.69, 9.17) is 0 Å². The number of thiophene rings is 1. The third-order valence-corrected chi connectivity index (χ3v) is 6.46. The summed E-state index contributed by atoms with van der Waals surface area (Å²) in [6, 6.07) is 3.37. The van der Waals surface area contributed by atoms with Gasteiger partial charge in [-0.1, -0.05) is 26.8 Å². The van der Waals surface area contributed by atoms with E-state index in [2.05, 4.69) is 17.6 Å². The molecule has 0 radical (unpaired) electrons. The standard InChI is InChI=1S/C19H27N3O3S/c1-12(2)16(14-5-4-10-26-14)20-15(23)11-22-17(24)19(21-18(22)25)8-6-13(3)7-9-19/h4-5,10,12-13,16H,6-9,11H2,1-3H3,(H,20,23)(H,21,25). The van der Waals surface area contributed by atoms with Crippen molar-refractivity contribution in [1.29, 1.82) is 0 Å². The quantitative estimate of drug-likeness (QED) is 0.774. The highest BCUT2D eigenvalue weighted by Gasteiger charge is 2.52. The fraction of sp³-hybridized carbons (Fsp3) is 0.632. The Morgan fingerprint density at radius 1 is 1.38 bits per heavy atom. The molecule has 0 bridgehead atoms. The Hall–Kier alpha value is -1.89. The van der Waals surface area contributed by atoms with E-state index in [0.29, 0.717) is 18.8 Å². The molecule has 1 aromatic heterocycles. The van der Waals surface area contributed by atoms with E-state index in [1.54, 1.807) is 11.3 Å². The Kier molecular flexibility index (Phi) is 5.37. The van der Waals surface area contributed by atoms with Crippen LogP contribution in [0.15, 0.2) is 17.5 Å². The molecule has 142 valence electrons. The van der Waals surface area contributed by atoms with E-state index in [1.165, 1.54) is 0 Å². The second kappa shape index (κ2) is 7.39. The van der Waals surface area contributed by atoms with E-state index in [0.717, 1.165) is 22.6 Å². The minimum atomic E-state index is -0.797. The molecule has 1 saturated carbocycles. The van der Waals surface area contributed by atoms with Gasteiger partial charge >= 0.3 is 6.03 Å². The van der Waals surface area contributed by atoms with Gasteiger partial charge in [0.25, 0.3) is 5.91 Å². The fourth-order valence-electron chi connectivity index (χ4n) is 3.81. The topological polar surface area (TPSA) is 78.5 Å². The summed E-state index contributed by atoms with van der Waals surface area (Å²) >= 11 is 1.59. The van der Waals surface area contributed by atoms with Gasteiger partial charge in [0.2, 0.25) is 5.91 Å². The van der Waals surface area contributed by atoms with Crippen LogP contribution in [0.2, 0.25) is 0 Å². The molecule has 2 aliphatic rings. The van der Waals surface area contributed by atoms with Crippen LogP contribution in [-0.2, 0) is 9.59 Å². The van der Waals surface area contributed by atoms with Crippen LogP contribution in [0.25, 0.3) is 0 Å². The lowest BCUT2D eigenvalue weighted by atomic mass is 9.77. The lowest BCUT2D eigenvalue weighted by Gasteiger charge is -2.33. The van der Waals surface area contributed by atoms with Gasteiger partial charge in [0, 0.05) is 4.88 Å². The monoisotopic (exact) mass is 377 g/mol. The van der Waals surface area contributed by atoms with Gasteiger partial charge in [-0.2, -0.15) is 0 Å². The molecule has 2 fully saturated rings. The zero-order valence-electron chi connectivity index (χ0n) is 15.6. The first kappa shape index (κ1) is 18.9. The summed E-state index contributed by atoms with van der Waals surface area (Å²) in [4.78, 5) is 39.9. The molecular formula is C19H27N3O3S. The van der Waals surface area contributed by atoms with Gasteiger partial charge in [0.05, 0.1) is 6.04 Å². The second-order valence-electron chi connectivity index (χ2n) is 7.89. The minimum absolute atomic E-state index is 0.118. The third-order valence-electron chi connectivity index (χ3n) is 5.51. The minimum Gasteiger partial charge on any atom is -0.347 e. The molecule has 6 nitrogen and oxygen atoms in total. The van der Waals surface area contributed by atoms with Crippen molar-refractivity contribution in [2.24, 2.45) is 11.8 Å². The van der Waals surface area contributed by atoms with Crippen molar-refractivity contribution in [2.45, 2.75) is 58.0 Å². The largest absolute Gasteiger partial charge is 0.347 e. The van der Waals surface area contributed by atoms with E-state index in [9.17, 15) is 14.4 Å². The first-order chi connectivity index (χ1) is 12.3. The smallest absolute Gasteiger partial charge is 0.325 e. The number of hydrogen-bond donors (Lipinski definition) is 2. The van der Waals surface area contributed by atoms with Crippen LogP contribution in [0.5, 0.6) is 0 Å². The van der Waals surface area contributed by atoms with Crippen LogP contribution in [0, 0.1) is 11.8 Å². The van der Waals surface area contributed by atoms with Crippen molar-refractivity contribution >= 4 is 29.2 Å². The Morgan fingerprint density at radius 3 is 2.65 bits per heavy atom.